The number of carbonyl (C=O) groups is 2. The molecule has 1 aromatic rings. The van der Waals surface area contributed by atoms with E-state index in [1.165, 1.54) is 4.31 Å². The van der Waals surface area contributed by atoms with Crippen molar-refractivity contribution < 1.29 is 28.2 Å². The molecule has 0 unspecified atom stereocenters. The van der Waals surface area contributed by atoms with Gasteiger partial charge in [0.15, 0.2) is 0 Å². The molecule has 1 aromatic carbocycles. The number of aliphatic imine (C=N–C) groups is 1. The second-order valence-corrected chi connectivity index (χ2v) is 15.0. The molecule has 2 aliphatic rings. The number of amides is 2. The number of aliphatic hydroxyl groups excluding tert-OH is 2. The van der Waals surface area contributed by atoms with Gasteiger partial charge in [0.05, 0.1) is 30.4 Å². The molecule has 5 atom stereocenters. The molecule has 1 aliphatic heterocycles. The number of carbonyl (C=O) groups excluding carboxylic acids is 2. The summed E-state index contributed by atoms with van der Waals surface area (Å²) in [7, 11) is -3.81. The SMILES string of the molecule is C#CC[C@H](NC(=O)[C@H](Cc1ccccc1)CS(=O)(=O)N1CCC=NCC1)C(=O)N[C@@H](CC1CCCCC1)[C@@H](O)[C@@H](O)CC(C)C. The summed E-state index contributed by atoms with van der Waals surface area (Å²) in [6.45, 7) is 4.81. The van der Waals surface area contributed by atoms with Gasteiger partial charge in [0.25, 0.3) is 0 Å². The van der Waals surface area contributed by atoms with Crippen LogP contribution >= 0.6 is 0 Å². The van der Waals surface area contributed by atoms with Crippen LogP contribution < -0.4 is 10.6 Å². The van der Waals surface area contributed by atoms with E-state index in [1.54, 1.807) is 6.21 Å². The van der Waals surface area contributed by atoms with Gasteiger partial charge in [-0.2, -0.15) is 4.31 Å². The first-order valence-corrected chi connectivity index (χ1v) is 18.0. The Kier molecular flexibility index (Phi) is 15.0. The number of benzene rings is 1. The summed E-state index contributed by atoms with van der Waals surface area (Å²) in [4.78, 5) is 31.6. The molecule has 2 amide bonds. The molecule has 0 bridgehead atoms. The maximum atomic E-state index is 13.8. The minimum atomic E-state index is -3.81. The summed E-state index contributed by atoms with van der Waals surface area (Å²) < 4.78 is 28.3. The van der Waals surface area contributed by atoms with Crippen molar-refractivity contribution in [1.29, 1.82) is 0 Å². The minimum absolute atomic E-state index is 0.118. The zero-order chi connectivity index (χ0) is 32.8. The molecule has 0 aromatic heterocycles. The highest BCUT2D eigenvalue weighted by atomic mass is 32.2. The van der Waals surface area contributed by atoms with E-state index in [9.17, 15) is 28.2 Å². The second kappa shape index (κ2) is 18.4. The van der Waals surface area contributed by atoms with Crippen molar-refractivity contribution >= 4 is 28.1 Å². The maximum Gasteiger partial charge on any atom is 0.243 e. The Morgan fingerprint density at radius 3 is 2.44 bits per heavy atom. The van der Waals surface area contributed by atoms with Gasteiger partial charge in [0.1, 0.15) is 12.1 Å². The summed E-state index contributed by atoms with van der Waals surface area (Å²) in [5, 5.41) is 27.6. The van der Waals surface area contributed by atoms with E-state index >= 15 is 0 Å². The fraction of sp³-hybridized carbons (Fsp3) is 0.676. The van der Waals surface area contributed by atoms with Gasteiger partial charge < -0.3 is 20.8 Å². The second-order valence-electron chi connectivity index (χ2n) is 13.0. The highest BCUT2D eigenvalue weighted by molar-refractivity contribution is 7.89. The van der Waals surface area contributed by atoms with Crippen molar-refractivity contribution in [2.75, 3.05) is 25.4 Å². The van der Waals surface area contributed by atoms with E-state index in [-0.39, 0.29) is 25.3 Å². The topological polar surface area (TPSA) is 148 Å². The van der Waals surface area contributed by atoms with Gasteiger partial charge in [0, 0.05) is 25.7 Å². The van der Waals surface area contributed by atoms with Crippen molar-refractivity contribution in [3.8, 4) is 12.3 Å². The molecule has 1 heterocycles. The smallest absolute Gasteiger partial charge is 0.243 e. The molecule has 0 radical (unpaired) electrons. The lowest BCUT2D eigenvalue weighted by atomic mass is 9.82. The lowest BCUT2D eigenvalue weighted by Crippen LogP contribution is -2.56. The van der Waals surface area contributed by atoms with Crippen LogP contribution in [0.4, 0.5) is 0 Å². The number of sulfonamides is 1. The molecule has 250 valence electrons. The van der Waals surface area contributed by atoms with Gasteiger partial charge >= 0.3 is 0 Å². The van der Waals surface area contributed by atoms with E-state index in [4.69, 9.17) is 6.42 Å². The monoisotopic (exact) mass is 644 g/mol. The van der Waals surface area contributed by atoms with Crippen LogP contribution in [0.15, 0.2) is 35.3 Å². The van der Waals surface area contributed by atoms with E-state index in [1.807, 2.05) is 44.2 Å². The number of terminal acetylenes is 1. The molecule has 11 heteroatoms. The zero-order valence-corrected chi connectivity index (χ0v) is 27.6. The molecule has 3 rings (SSSR count). The van der Waals surface area contributed by atoms with Crippen LogP contribution in [0.1, 0.15) is 77.2 Å². The van der Waals surface area contributed by atoms with Gasteiger partial charge in [-0.3, -0.25) is 14.6 Å². The summed E-state index contributed by atoms with van der Waals surface area (Å²) in [6.07, 6.45) is 11.9. The third-order valence-corrected chi connectivity index (χ3v) is 10.7. The van der Waals surface area contributed by atoms with Crippen molar-refractivity contribution in [3.63, 3.8) is 0 Å². The van der Waals surface area contributed by atoms with Crippen LogP contribution in [0.3, 0.4) is 0 Å². The van der Waals surface area contributed by atoms with Crippen LogP contribution in [-0.4, -0.2) is 90.6 Å². The van der Waals surface area contributed by atoms with Crippen LogP contribution in [-0.2, 0) is 26.0 Å². The Hall–Kier alpha value is -2.78. The molecular formula is C34H52N4O6S. The average molecular weight is 645 g/mol. The third-order valence-electron chi connectivity index (χ3n) is 8.73. The average Bonchev–Trinajstić information content (AvgIpc) is 3.31. The Labute approximate surface area is 269 Å². The number of hydrogen-bond donors (Lipinski definition) is 4. The lowest BCUT2D eigenvalue weighted by molar-refractivity contribution is -0.132. The van der Waals surface area contributed by atoms with Gasteiger partial charge in [0.2, 0.25) is 21.8 Å². The molecule has 10 nitrogen and oxygen atoms in total. The Balaban J connectivity index is 1.79. The van der Waals surface area contributed by atoms with E-state index in [0.717, 1.165) is 37.7 Å². The number of nitrogens with zero attached hydrogens (tertiary/aromatic N) is 2. The van der Waals surface area contributed by atoms with Gasteiger partial charge in [-0.1, -0.05) is 76.3 Å². The highest BCUT2D eigenvalue weighted by Gasteiger charge is 2.35. The highest BCUT2D eigenvalue weighted by Crippen LogP contribution is 2.29. The predicted octanol–water partition coefficient (Wildman–Crippen LogP) is 2.68. The molecule has 1 aliphatic carbocycles. The molecule has 0 spiro atoms. The minimum Gasteiger partial charge on any atom is -0.390 e. The molecular weight excluding hydrogens is 592 g/mol. The predicted molar refractivity (Wildman–Crippen MR) is 177 cm³/mol. The number of aliphatic hydroxyl groups is 2. The van der Waals surface area contributed by atoms with Crippen molar-refractivity contribution in [2.24, 2.45) is 22.7 Å². The van der Waals surface area contributed by atoms with E-state index in [2.05, 4.69) is 21.5 Å². The largest absolute Gasteiger partial charge is 0.390 e. The first-order chi connectivity index (χ1) is 21.5. The van der Waals surface area contributed by atoms with Crippen molar-refractivity contribution in [3.05, 3.63) is 35.9 Å². The summed E-state index contributed by atoms with van der Waals surface area (Å²) >= 11 is 0. The fourth-order valence-corrected chi connectivity index (χ4v) is 8.02. The van der Waals surface area contributed by atoms with Crippen LogP contribution in [0.25, 0.3) is 0 Å². The molecule has 0 saturated heterocycles. The molecule has 1 saturated carbocycles. The Morgan fingerprint density at radius 1 is 1.07 bits per heavy atom. The molecule has 4 N–H and O–H groups in total. The number of hydrogen-bond acceptors (Lipinski definition) is 7. The van der Waals surface area contributed by atoms with Crippen LogP contribution in [0.2, 0.25) is 0 Å². The van der Waals surface area contributed by atoms with Crippen molar-refractivity contribution in [1.82, 2.24) is 14.9 Å². The Morgan fingerprint density at radius 2 is 1.78 bits per heavy atom. The van der Waals surface area contributed by atoms with Gasteiger partial charge in [-0.25, -0.2) is 8.42 Å². The molecule has 1 fully saturated rings. The van der Waals surface area contributed by atoms with Crippen molar-refractivity contribution in [2.45, 2.75) is 102 Å². The lowest BCUT2D eigenvalue weighted by Gasteiger charge is -2.33. The summed E-state index contributed by atoms with van der Waals surface area (Å²) in [5.74, 6) is 0.339. The Bertz CT molecular complexity index is 1230. The first kappa shape index (κ1) is 36.7. The van der Waals surface area contributed by atoms with Gasteiger partial charge in [-0.15, -0.1) is 12.3 Å². The molecule has 45 heavy (non-hydrogen) atoms. The maximum absolute atomic E-state index is 13.8. The summed E-state index contributed by atoms with van der Waals surface area (Å²) in [6, 6.07) is 7.29. The third kappa shape index (κ3) is 12.2. The standard InChI is InChI=1S/C34H52N4O6S/c1-4-12-29(34(42)37-30(23-27-15-9-6-10-16-27)32(40)31(39)21-25(2)3)36-33(41)28(22-26-13-7-5-8-14-26)24-45(43,44)38-19-11-17-35-18-20-38/h1,5,7-8,13-14,17,25,27-32,39-40H,6,9-12,15-16,18-24H2,2-3H3,(H,36,41)(H,37,42)/t28-,29+,30+,31+,32-/m1/s1. The zero-order valence-electron chi connectivity index (χ0n) is 26.8. The number of nitrogens with one attached hydrogen (secondary N) is 2. The normalized spacial score (nSPS) is 19.9. The summed E-state index contributed by atoms with van der Waals surface area (Å²) in [5.41, 5.74) is 0.791. The van der Waals surface area contributed by atoms with Crippen LogP contribution in [0, 0.1) is 30.1 Å². The van der Waals surface area contributed by atoms with E-state index < -0.39 is 57.8 Å². The quantitative estimate of drug-likeness (QED) is 0.204. The fourth-order valence-electron chi connectivity index (χ4n) is 6.29. The number of rotatable bonds is 16. The van der Waals surface area contributed by atoms with Gasteiger partial charge in [-0.05, 0) is 43.1 Å². The first-order valence-electron chi connectivity index (χ1n) is 16.4. The van der Waals surface area contributed by atoms with Crippen LogP contribution in [0.5, 0.6) is 0 Å². The van der Waals surface area contributed by atoms with E-state index in [0.29, 0.717) is 38.3 Å².